The van der Waals surface area contributed by atoms with Crippen LogP contribution in [0.5, 0.6) is 0 Å². The number of nitrogens with one attached hydrogen (secondary N) is 1. The summed E-state index contributed by atoms with van der Waals surface area (Å²) in [7, 11) is 2.00. The van der Waals surface area contributed by atoms with Gasteiger partial charge < -0.3 is 25.6 Å². The number of carbonyl (C=O) groups excluding carboxylic acids is 2. The first-order valence-corrected chi connectivity index (χ1v) is 10.2. The molecular formula is C20H33N5O3. The summed E-state index contributed by atoms with van der Waals surface area (Å²) >= 11 is 0. The molecule has 2 aliphatic rings. The Morgan fingerprint density at radius 1 is 1.25 bits per heavy atom. The molecule has 1 aromatic heterocycles. The van der Waals surface area contributed by atoms with Crippen molar-refractivity contribution in [2.45, 2.75) is 77.6 Å². The van der Waals surface area contributed by atoms with Crippen molar-refractivity contribution in [2.75, 3.05) is 13.6 Å². The van der Waals surface area contributed by atoms with Crippen molar-refractivity contribution in [1.29, 1.82) is 0 Å². The zero-order valence-electron chi connectivity index (χ0n) is 17.4. The molecule has 8 heteroatoms. The van der Waals surface area contributed by atoms with E-state index in [1.807, 2.05) is 32.4 Å². The average Bonchev–Trinajstić information content (AvgIpc) is 3.05. The molecule has 3 rings (SSSR count). The van der Waals surface area contributed by atoms with Gasteiger partial charge in [0.1, 0.15) is 11.7 Å². The van der Waals surface area contributed by atoms with E-state index in [0.717, 1.165) is 31.5 Å². The quantitative estimate of drug-likeness (QED) is 0.708. The van der Waals surface area contributed by atoms with Crippen molar-refractivity contribution in [2.24, 2.45) is 11.1 Å². The number of aromatic nitrogens is 2. The molecule has 0 saturated heterocycles. The summed E-state index contributed by atoms with van der Waals surface area (Å²) in [4.78, 5) is 32.1. The molecule has 0 aromatic carbocycles. The molecule has 28 heavy (non-hydrogen) atoms. The topological polar surface area (TPSA) is 113 Å². The van der Waals surface area contributed by atoms with Gasteiger partial charge in [0.25, 0.3) is 5.91 Å². The molecule has 156 valence electrons. The maximum Gasteiger partial charge on any atom is 0.269 e. The maximum absolute atomic E-state index is 13.3. The summed E-state index contributed by atoms with van der Waals surface area (Å²) < 4.78 is 2.02. The van der Waals surface area contributed by atoms with E-state index in [2.05, 4.69) is 15.2 Å². The van der Waals surface area contributed by atoms with Crippen LogP contribution in [0.15, 0.2) is 0 Å². The monoisotopic (exact) mass is 391 g/mol. The molecule has 0 bridgehead atoms. The molecule has 0 unspecified atom stereocenters. The van der Waals surface area contributed by atoms with E-state index in [1.165, 1.54) is 0 Å². The largest absolute Gasteiger partial charge is 0.391 e. The van der Waals surface area contributed by atoms with Crippen molar-refractivity contribution in [3.05, 3.63) is 17.2 Å². The number of fused-ring (bicyclic) bond motifs is 1. The SMILES string of the molecule is CN1CCCn2c([C@@H](C(=O)N[C@H]3CCC[C@@H]3O)C(C)(C)C)nc(C(N)=O)c2C1. The van der Waals surface area contributed by atoms with Crippen LogP contribution in [0.25, 0.3) is 0 Å². The second-order valence-electron chi connectivity index (χ2n) is 9.28. The smallest absolute Gasteiger partial charge is 0.269 e. The van der Waals surface area contributed by atoms with Gasteiger partial charge in [0.2, 0.25) is 5.91 Å². The van der Waals surface area contributed by atoms with Gasteiger partial charge in [-0.1, -0.05) is 20.8 Å². The molecule has 1 aliphatic heterocycles. The number of amides is 2. The first-order valence-electron chi connectivity index (χ1n) is 10.2. The summed E-state index contributed by atoms with van der Waals surface area (Å²) in [6, 6.07) is -0.224. The van der Waals surface area contributed by atoms with Gasteiger partial charge in [-0.25, -0.2) is 4.98 Å². The highest BCUT2D eigenvalue weighted by Gasteiger charge is 2.40. The minimum absolute atomic E-state index is 0.153. The summed E-state index contributed by atoms with van der Waals surface area (Å²) in [5, 5.41) is 13.2. The zero-order valence-corrected chi connectivity index (χ0v) is 17.4. The van der Waals surface area contributed by atoms with Crippen molar-refractivity contribution >= 4 is 11.8 Å². The molecule has 1 aliphatic carbocycles. The second-order valence-corrected chi connectivity index (χ2v) is 9.28. The highest BCUT2D eigenvalue weighted by Crippen LogP contribution is 2.37. The fourth-order valence-electron chi connectivity index (χ4n) is 4.44. The molecule has 1 aromatic rings. The lowest BCUT2D eigenvalue weighted by Crippen LogP contribution is -2.45. The van der Waals surface area contributed by atoms with Crippen molar-refractivity contribution in [3.63, 3.8) is 0 Å². The molecule has 0 spiro atoms. The molecule has 1 saturated carbocycles. The standard InChI is InChI=1S/C20H33N5O3/c1-20(2,3)15(19(28)22-12-7-5-8-14(12)26)18-23-16(17(21)27)13-11-24(4)9-6-10-25(13)18/h12,14-15,26H,5-11H2,1-4H3,(H2,21,27)(H,22,28)/t12-,14-,15-/m0/s1. The first kappa shape index (κ1) is 20.8. The zero-order chi connectivity index (χ0) is 20.6. The van der Waals surface area contributed by atoms with Gasteiger partial charge in [0.05, 0.1) is 17.8 Å². The maximum atomic E-state index is 13.3. The van der Waals surface area contributed by atoms with Gasteiger partial charge in [-0.15, -0.1) is 0 Å². The van der Waals surface area contributed by atoms with E-state index >= 15 is 0 Å². The Bertz CT molecular complexity index is 752. The molecular weight excluding hydrogens is 358 g/mol. The Labute approximate surface area is 166 Å². The summed E-state index contributed by atoms with van der Waals surface area (Å²) in [6.45, 7) is 8.16. The molecule has 0 radical (unpaired) electrons. The fraction of sp³-hybridized carbons (Fsp3) is 0.750. The number of rotatable bonds is 4. The number of aliphatic hydroxyl groups is 1. The first-order chi connectivity index (χ1) is 13.1. The number of primary amides is 1. The van der Waals surface area contributed by atoms with E-state index in [-0.39, 0.29) is 17.6 Å². The number of imidazole rings is 1. The Hall–Kier alpha value is -1.93. The van der Waals surface area contributed by atoms with Crippen LogP contribution >= 0.6 is 0 Å². The fourth-order valence-corrected chi connectivity index (χ4v) is 4.44. The van der Waals surface area contributed by atoms with Gasteiger partial charge in [-0.2, -0.15) is 0 Å². The Morgan fingerprint density at radius 3 is 2.54 bits per heavy atom. The van der Waals surface area contributed by atoms with Crippen molar-refractivity contribution < 1.29 is 14.7 Å². The molecule has 2 amide bonds. The third kappa shape index (κ3) is 4.07. The van der Waals surface area contributed by atoms with E-state index in [1.54, 1.807) is 0 Å². The number of nitrogens with two attached hydrogens (primary N) is 1. The van der Waals surface area contributed by atoms with Crippen molar-refractivity contribution in [3.8, 4) is 0 Å². The van der Waals surface area contributed by atoms with Crippen LogP contribution in [0.1, 0.15) is 74.4 Å². The third-order valence-corrected chi connectivity index (χ3v) is 5.87. The van der Waals surface area contributed by atoms with Crippen LogP contribution in [-0.4, -0.2) is 57.1 Å². The van der Waals surface area contributed by atoms with Gasteiger partial charge in [0.15, 0.2) is 5.69 Å². The van der Waals surface area contributed by atoms with Crippen LogP contribution in [0.4, 0.5) is 0 Å². The van der Waals surface area contributed by atoms with Crippen LogP contribution in [0.3, 0.4) is 0 Å². The summed E-state index contributed by atoms with van der Waals surface area (Å²) in [5.74, 6) is -0.670. The lowest BCUT2D eigenvalue weighted by Gasteiger charge is -2.31. The predicted molar refractivity (Wildman–Crippen MR) is 106 cm³/mol. The van der Waals surface area contributed by atoms with Gasteiger partial charge in [-0.3, -0.25) is 9.59 Å². The number of hydrogen-bond donors (Lipinski definition) is 3. The highest BCUT2D eigenvalue weighted by molar-refractivity contribution is 5.92. The summed E-state index contributed by atoms with van der Waals surface area (Å²) in [6.07, 6.45) is 2.80. The molecule has 4 N–H and O–H groups in total. The number of hydrogen-bond acceptors (Lipinski definition) is 5. The third-order valence-electron chi connectivity index (χ3n) is 5.87. The van der Waals surface area contributed by atoms with Crippen LogP contribution in [0.2, 0.25) is 0 Å². The van der Waals surface area contributed by atoms with Gasteiger partial charge in [0, 0.05) is 13.1 Å². The normalized spacial score (nSPS) is 24.5. The Kier molecular flexibility index (Phi) is 5.82. The molecule has 8 nitrogen and oxygen atoms in total. The van der Waals surface area contributed by atoms with E-state index < -0.39 is 23.3 Å². The van der Waals surface area contributed by atoms with Crippen LogP contribution in [-0.2, 0) is 17.9 Å². The summed E-state index contributed by atoms with van der Waals surface area (Å²) in [5.41, 5.74) is 6.24. The van der Waals surface area contributed by atoms with E-state index in [0.29, 0.717) is 25.3 Å². The molecule has 3 atom stereocenters. The number of nitrogens with zero attached hydrogens (tertiary/aromatic N) is 3. The number of carbonyl (C=O) groups is 2. The second kappa shape index (κ2) is 7.83. The molecule has 2 heterocycles. The minimum atomic E-state index is -0.565. The lowest BCUT2D eigenvalue weighted by atomic mass is 9.79. The van der Waals surface area contributed by atoms with E-state index in [9.17, 15) is 14.7 Å². The lowest BCUT2D eigenvalue weighted by molar-refractivity contribution is -0.126. The Balaban J connectivity index is 2.02. The van der Waals surface area contributed by atoms with Gasteiger partial charge in [-0.05, 0) is 44.7 Å². The Morgan fingerprint density at radius 2 is 1.96 bits per heavy atom. The molecule has 1 fully saturated rings. The highest BCUT2D eigenvalue weighted by atomic mass is 16.3. The number of aliphatic hydroxyl groups excluding tert-OH is 1. The minimum Gasteiger partial charge on any atom is -0.391 e. The van der Waals surface area contributed by atoms with E-state index in [4.69, 9.17) is 5.73 Å². The predicted octanol–water partition coefficient (Wildman–Crippen LogP) is 0.977. The van der Waals surface area contributed by atoms with Crippen molar-refractivity contribution in [1.82, 2.24) is 19.8 Å². The van der Waals surface area contributed by atoms with Gasteiger partial charge >= 0.3 is 0 Å². The van der Waals surface area contributed by atoms with Crippen LogP contribution in [0, 0.1) is 5.41 Å². The van der Waals surface area contributed by atoms with Crippen LogP contribution < -0.4 is 11.1 Å². The average molecular weight is 392 g/mol.